The molecule has 1 aromatic heterocycles. The lowest BCUT2D eigenvalue weighted by Crippen LogP contribution is -2.19. The van der Waals surface area contributed by atoms with Gasteiger partial charge in [-0.15, -0.1) is 0 Å². The molecule has 0 spiro atoms. The zero-order chi connectivity index (χ0) is 12.5. The van der Waals surface area contributed by atoms with Crippen LogP contribution < -0.4 is 5.32 Å². The van der Waals surface area contributed by atoms with E-state index in [0.717, 1.165) is 36.0 Å². The van der Waals surface area contributed by atoms with Crippen molar-refractivity contribution in [2.45, 2.75) is 6.42 Å². The molecule has 0 saturated carbocycles. The molecule has 3 rings (SSSR count). The van der Waals surface area contributed by atoms with Crippen molar-refractivity contribution in [3.05, 3.63) is 46.1 Å². The predicted octanol–water partition coefficient (Wildman–Crippen LogP) is 2.45. The van der Waals surface area contributed by atoms with Gasteiger partial charge in [-0.2, -0.15) is 0 Å². The van der Waals surface area contributed by atoms with Gasteiger partial charge in [0.05, 0.1) is 15.8 Å². The van der Waals surface area contributed by atoms with Crippen molar-refractivity contribution in [1.82, 2.24) is 10.3 Å². The van der Waals surface area contributed by atoms with Gasteiger partial charge >= 0.3 is 0 Å². The highest BCUT2D eigenvalue weighted by atomic mass is 16.6. The number of hydrogen-bond acceptors (Lipinski definition) is 3. The van der Waals surface area contributed by atoms with E-state index in [-0.39, 0.29) is 10.6 Å². The summed E-state index contributed by atoms with van der Waals surface area (Å²) in [5, 5.41) is 15.1. The average molecular weight is 243 g/mol. The van der Waals surface area contributed by atoms with Crippen molar-refractivity contribution >= 4 is 22.2 Å². The summed E-state index contributed by atoms with van der Waals surface area (Å²) in [5.41, 5.74) is 3.12. The van der Waals surface area contributed by atoms with Crippen LogP contribution >= 0.6 is 0 Å². The molecule has 2 aromatic rings. The number of nitrogens with zero attached hydrogens (tertiary/aromatic N) is 1. The van der Waals surface area contributed by atoms with Crippen molar-refractivity contribution < 1.29 is 4.92 Å². The molecule has 0 unspecified atom stereocenters. The fourth-order valence-corrected chi connectivity index (χ4v) is 2.44. The molecule has 0 saturated heterocycles. The van der Waals surface area contributed by atoms with Crippen LogP contribution in [0.5, 0.6) is 0 Å². The van der Waals surface area contributed by atoms with E-state index in [1.165, 1.54) is 5.57 Å². The molecule has 0 atom stereocenters. The molecule has 1 aliphatic heterocycles. The smallest absolute Gasteiger partial charge is 0.279 e. The zero-order valence-corrected chi connectivity index (χ0v) is 9.77. The Morgan fingerprint density at radius 2 is 2.22 bits per heavy atom. The molecular weight excluding hydrogens is 230 g/mol. The standard InChI is InChI=1S/C13H13N3O2/c17-16(18)12-3-1-2-11-13(12)10(8-15-11)9-4-6-14-7-5-9/h1-4,8,14-15H,5-7H2. The minimum Gasteiger partial charge on any atom is -0.360 e. The average Bonchev–Trinajstić information content (AvgIpc) is 2.83. The number of non-ortho nitro benzene ring substituents is 1. The molecule has 1 aliphatic rings. The Balaban J connectivity index is 2.23. The van der Waals surface area contributed by atoms with E-state index in [2.05, 4.69) is 16.4 Å². The third-order valence-corrected chi connectivity index (χ3v) is 3.29. The molecule has 0 radical (unpaired) electrons. The number of rotatable bonds is 2. The molecular formula is C13H13N3O2. The summed E-state index contributed by atoms with van der Waals surface area (Å²) in [6.45, 7) is 1.74. The van der Waals surface area contributed by atoms with E-state index in [1.54, 1.807) is 12.1 Å². The molecule has 0 amide bonds. The van der Waals surface area contributed by atoms with Gasteiger partial charge in [-0.05, 0) is 24.6 Å². The van der Waals surface area contributed by atoms with Crippen LogP contribution in [-0.4, -0.2) is 23.0 Å². The largest absolute Gasteiger partial charge is 0.360 e. The topological polar surface area (TPSA) is 71.0 Å². The van der Waals surface area contributed by atoms with Gasteiger partial charge in [0, 0.05) is 24.4 Å². The monoisotopic (exact) mass is 243 g/mol. The quantitative estimate of drug-likeness (QED) is 0.628. The third-order valence-electron chi connectivity index (χ3n) is 3.29. The van der Waals surface area contributed by atoms with Crippen LogP contribution in [0, 0.1) is 10.1 Å². The number of hydrogen-bond donors (Lipinski definition) is 2. The van der Waals surface area contributed by atoms with E-state index in [9.17, 15) is 10.1 Å². The number of nitrogens with one attached hydrogen (secondary N) is 2. The zero-order valence-electron chi connectivity index (χ0n) is 9.77. The first-order valence-corrected chi connectivity index (χ1v) is 5.92. The summed E-state index contributed by atoms with van der Waals surface area (Å²) < 4.78 is 0. The minimum absolute atomic E-state index is 0.170. The van der Waals surface area contributed by atoms with Crippen LogP contribution in [0.2, 0.25) is 0 Å². The summed E-state index contributed by atoms with van der Waals surface area (Å²) in [7, 11) is 0. The van der Waals surface area contributed by atoms with Crippen LogP contribution in [-0.2, 0) is 0 Å². The van der Waals surface area contributed by atoms with E-state index in [1.807, 2.05) is 12.3 Å². The normalized spacial score (nSPS) is 15.7. The summed E-state index contributed by atoms with van der Waals surface area (Å²) in [5.74, 6) is 0. The third kappa shape index (κ3) is 1.69. The highest BCUT2D eigenvalue weighted by Crippen LogP contribution is 2.33. The molecule has 92 valence electrons. The van der Waals surface area contributed by atoms with Crippen LogP contribution in [0.1, 0.15) is 12.0 Å². The van der Waals surface area contributed by atoms with Gasteiger partial charge in [0.15, 0.2) is 0 Å². The van der Waals surface area contributed by atoms with Gasteiger partial charge in [0.1, 0.15) is 0 Å². The number of aromatic nitrogens is 1. The Hall–Kier alpha value is -2.14. The molecule has 18 heavy (non-hydrogen) atoms. The maximum Gasteiger partial charge on any atom is 0.279 e. The van der Waals surface area contributed by atoms with Crippen LogP contribution in [0.25, 0.3) is 16.5 Å². The summed E-state index contributed by atoms with van der Waals surface area (Å²) in [4.78, 5) is 13.9. The van der Waals surface area contributed by atoms with Crippen molar-refractivity contribution in [3.8, 4) is 0 Å². The number of H-pyrrole nitrogens is 1. The van der Waals surface area contributed by atoms with E-state index in [4.69, 9.17) is 0 Å². The summed E-state index contributed by atoms with van der Waals surface area (Å²) in [6, 6.07) is 5.13. The fraction of sp³-hybridized carbons (Fsp3) is 0.231. The number of nitro benzene ring substituents is 1. The Kier molecular flexibility index (Phi) is 2.60. The molecule has 5 nitrogen and oxygen atoms in total. The lowest BCUT2D eigenvalue weighted by Gasteiger charge is -2.13. The van der Waals surface area contributed by atoms with Gasteiger partial charge in [0.2, 0.25) is 0 Å². The van der Waals surface area contributed by atoms with Gasteiger partial charge in [-0.3, -0.25) is 10.1 Å². The molecule has 0 aliphatic carbocycles. The van der Waals surface area contributed by atoms with Crippen LogP contribution in [0.15, 0.2) is 30.5 Å². The van der Waals surface area contributed by atoms with Crippen molar-refractivity contribution in [1.29, 1.82) is 0 Å². The molecule has 0 fully saturated rings. The molecule has 1 aromatic carbocycles. The molecule has 2 heterocycles. The molecule has 2 N–H and O–H groups in total. The van der Waals surface area contributed by atoms with Crippen LogP contribution in [0.3, 0.4) is 0 Å². The van der Waals surface area contributed by atoms with Crippen molar-refractivity contribution in [2.75, 3.05) is 13.1 Å². The van der Waals surface area contributed by atoms with Gasteiger partial charge in [-0.25, -0.2) is 0 Å². The second-order valence-electron chi connectivity index (χ2n) is 4.34. The first kappa shape index (κ1) is 11.0. The number of aromatic amines is 1. The van der Waals surface area contributed by atoms with Crippen LogP contribution in [0.4, 0.5) is 5.69 Å². The van der Waals surface area contributed by atoms with Gasteiger partial charge in [0.25, 0.3) is 5.69 Å². The summed E-state index contributed by atoms with van der Waals surface area (Å²) >= 11 is 0. The number of fused-ring (bicyclic) bond motifs is 1. The van der Waals surface area contributed by atoms with E-state index < -0.39 is 0 Å². The molecule has 5 heteroatoms. The Morgan fingerprint density at radius 1 is 1.33 bits per heavy atom. The van der Waals surface area contributed by atoms with Gasteiger partial charge < -0.3 is 10.3 Å². The first-order valence-electron chi connectivity index (χ1n) is 5.92. The van der Waals surface area contributed by atoms with Crippen molar-refractivity contribution in [2.24, 2.45) is 0 Å². The highest BCUT2D eigenvalue weighted by Gasteiger charge is 2.19. The van der Waals surface area contributed by atoms with Crippen molar-refractivity contribution in [3.63, 3.8) is 0 Å². The lowest BCUT2D eigenvalue weighted by atomic mass is 9.99. The second-order valence-corrected chi connectivity index (χ2v) is 4.34. The fourth-order valence-electron chi connectivity index (χ4n) is 2.44. The SMILES string of the molecule is O=[N+]([O-])c1cccc2[nH]cc(C3=CCNCC3)c12. The first-order chi connectivity index (χ1) is 8.77. The minimum atomic E-state index is -0.318. The van der Waals surface area contributed by atoms with E-state index in [0.29, 0.717) is 0 Å². The maximum atomic E-state index is 11.1. The number of benzene rings is 1. The van der Waals surface area contributed by atoms with E-state index >= 15 is 0 Å². The lowest BCUT2D eigenvalue weighted by molar-refractivity contribution is -0.383. The maximum absolute atomic E-state index is 11.1. The molecule has 0 bridgehead atoms. The second kappa shape index (κ2) is 4.27. The highest BCUT2D eigenvalue weighted by molar-refractivity contribution is 5.99. The number of nitro groups is 1. The Morgan fingerprint density at radius 3 is 2.94 bits per heavy atom. The Bertz CT molecular complexity index is 643. The predicted molar refractivity (Wildman–Crippen MR) is 70.4 cm³/mol. The summed E-state index contributed by atoms with van der Waals surface area (Å²) in [6.07, 6.45) is 4.87. The van der Waals surface area contributed by atoms with Gasteiger partial charge in [-0.1, -0.05) is 12.1 Å². The Labute approximate surface area is 104 Å².